The van der Waals surface area contributed by atoms with E-state index in [1.165, 1.54) is 31.4 Å². The maximum absolute atomic E-state index is 12.8. The summed E-state index contributed by atoms with van der Waals surface area (Å²) in [5.41, 5.74) is 1.39. The van der Waals surface area contributed by atoms with Crippen molar-refractivity contribution in [3.05, 3.63) is 72.3 Å². The lowest BCUT2D eigenvalue weighted by Gasteiger charge is -2.15. The number of thioether (sulfide) groups is 1. The molecule has 1 heterocycles. The van der Waals surface area contributed by atoms with Crippen LogP contribution in [-0.2, 0) is 19.1 Å². The normalized spacial score (nSPS) is 15.8. The van der Waals surface area contributed by atoms with Gasteiger partial charge in [0, 0.05) is 12.1 Å². The highest BCUT2D eigenvalue weighted by atomic mass is 32.2. The van der Waals surface area contributed by atoms with Crippen LogP contribution < -0.4 is 10.2 Å². The molecule has 0 aliphatic carbocycles. The van der Waals surface area contributed by atoms with Crippen molar-refractivity contribution in [2.75, 3.05) is 23.1 Å². The number of benzene rings is 3. The molecule has 1 atom stereocenters. The third kappa shape index (κ3) is 4.50. The van der Waals surface area contributed by atoms with Crippen molar-refractivity contribution >= 4 is 57.6 Å². The molecule has 32 heavy (non-hydrogen) atoms. The summed E-state index contributed by atoms with van der Waals surface area (Å²) >= 11 is 1.14. The second-order valence-electron chi connectivity index (χ2n) is 7.22. The van der Waals surface area contributed by atoms with Crippen LogP contribution in [0.2, 0.25) is 0 Å². The highest BCUT2D eigenvalue weighted by Crippen LogP contribution is 2.30. The van der Waals surface area contributed by atoms with E-state index in [1.807, 2.05) is 42.5 Å². The average Bonchev–Trinajstić information content (AvgIpc) is 3.10. The Kier molecular flexibility index (Phi) is 6.23. The number of hydrogen-bond donors (Lipinski definition) is 1. The fourth-order valence-corrected chi connectivity index (χ4v) is 4.44. The first-order valence-electron chi connectivity index (χ1n) is 9.91. The van der Waals surface area contributed by atoms with Gasteiger partial charge in [0.1, 0.15) is 0 Å². The molecule has 1 N–H and O–H groups in total. The highest BCUT2D eigenvalue weighted by molar-refractivity contribution is 8.01. The first-order chi connectivity index (χ1) is 15.5. The number of carbonyl (C=O) groups excluding carboxylic acids is 4. The van der Waals surface area contributed by atoms with Crippen LogP contribution in [0.3, 0.4) is 0 Å². The number of rotatable bonds is 6. The average molecular weight is 449 g/mol. The van der Waals surface area contributed by atoms with Gasteiger partial charge in [-0.1, -0.05) is 30.3 Å². The predicted octanol–water partition coefficient (Wildman–Crippen LogP) is 3.63. The zero-order valence-electron chi connectivity index (χ0n) is 17.2. The van der Waals surface area contributed by atoms with Crippen molar-refractivity contribution in [3.8, 4) is 0 Å². The molecule has 0 spiro atoms. The first-order valence-corrected chi connectivity index (χ1v) is 11.0. The summed E-state index contributed by atoms with van der Waals surface area (Å²) in [5.74, 6) is -1.41. The Hall–Kier alpha value is -3.65. The topological polar surface area (TPSA) is 92.8 Å². The maximum Gasteiger partial charge on any atom is 0.337 e. The van der Waals surface area contributed by atoms with Crippen LogP contribution in [0.4, 0.5) is 11.4 Å². The van der Waals surface area contributed by atoms with E-state index in [-0.39, 0.29) is 29.9 Å². The van der Waals surface area contributed by atoms with Crippen LogP contribution in [0.5, 0.6) is 0 Å². The smallest absolute Gasteiger partial charge is 0.337 e. The third-order valence-electron chi connectivity index (χ3n) is 5.10. The van der Waals surface area contributed by atoms with Crippen molar-refractivity contribution in [1.82, 2.24) is 0 Å². The minimum absolute atomic E-state index is 0.0194. The van der Waals surface area contributed by atoms with Gasteiger partial charge in [0.25, 0.3) is 0 Å². The number of fused-ring (bicyclic) bond motifs is 1. The fourth-order valence-electron chi connectivity index (χ4n) is 3.51. The van der Waals surface area contributed by atoms with Crippen LogP contribution in [0.1, 0.15) is 16.8 Å². The summed E-state index contributed by atoms with van der Waals surface area (Å²) in [6.07, 6.45) is 0.0194. The molecule has 1 saturated heterocycles. The molecule has 1 aliphatic heterocycles. The number of ether oxygens (including phenoxy) is 1. The van der Waals surface area contributed by atoms with E-state index in [2.05, 4.69) is 10.1 Å². The van der Waals surface area contributed by atoms with Crippen molar-refractivity contribution in [2.24, 2.45) is 0 Å². The van der Waals surface area contributed by atoms with E-state index in [9.17, 15) is 19.2 Å². The zero-order chi connectivity index (χ0) is 22.7. The molecular formula is C24H20N2O5S. The number of nitrogens with zero attached hydrogens (tertiary/aromatic N) is 1. The van der Waals surface area contributed by atoms with E-state index >= 15 is 0 Å². The number of nitrogens with one attached hydrogen (secondary N) is 1. The number of carbonyl (C=O) groups is 4. The number of hydrogen-bond acceptors (Lipinski definition) is 6. The number of imide groups is 1. The quantitative estimate of drug-likeness (QED) is 0.457. The molecular weight excluding hydrogens is 428 g/mol. The Balaban J connectivity index is 1.36. The summed E-state index contributed by atoms with van der Waals surface area (Å²) in [4.78, 5) is 50.2. The lowest BCUT2D eigenvalue weighted by molar-refractivity contribution is -0.121. The number of methoxy groups -OCH3 is 1. The maximum atomic E-state index is 12.8. The molecule has 0 bridgehead atoms. The van der Waals surface area contributed by atoms with E-state index in [4.69, 9.17) is 0 Å². The minimum atomic E-state index is -0.634. The van der Waals surface area contributed by atoms with Crippen LogP contribution in [0.15, 0.2) is 66.7 Å². The third-order valence-corrected chi connectivity index (χ3v) is 6.30. The molecule has 3 aromatic carbocycles. The van der Waals surface area contributed by atoms with Crippen LogP contribution in [0, 0.1) is 0 Å². The SMILES string of the molecule is COC(=O)c1ccc(N2C(=O)C[C@@H](SCC(=O)Nc3ccc4ccccc4c3)C2=O)cc1. The molecule has 1 aliphatic rings. The first kappa shape index (κ1) is 21.6. The van der Waals surface area contributed by atoms with Crippen molar-refractivity contribution in [1.29, 1.82) is 0 Å². The summed E-state index contributed by atoms with van der Waals surface area (Å²) in [6.45, 7) is 0. The Bertz CT molecular complexity index is 1210. The van der Waals surface area contributed by atoms with E-state index in [0.29, 0.717) is 16.9 Å². The van der Waals surface area contributed by atoms with Gasteiger partial charge < -0.3 is 10.1 Å². The van der Waals surface area contributed by atoms with Gasteiger partial charge in [-0.15, -0.1) is 11.8 Å². The molecule has 0 saturated carbocycles. The van der Waals surface area contributed by atoms with Gasteiger partial charge in [0.2, 0.25) is 17.7 Å². The van der Waals surface area contributed by atoms with Crippen molar-refractivity contribution in [2.45, 2.75) is 11.7 Å². The van der Waals surface area contributed by atoms with Gasteiger partial charge in [0.05, 0.1) is 29.4 Å². The molecule has 0 unspecified atom stereocenters. The second kappa shape index (κ2) is 9.23. The Morgan fingerprint density at radius 3 is 2.47 bits per heavy atom. The number of anilines is 2. The van der Waals surface area contributed by atoms with Gasteiger partial charge in [0.15, 0.2) is 0 Å². The lowest BCUT2D eigenvalue weighted by Crippen LogP contribution is -2.31. The van der Waals surface area contributed by atoms with Gasteiger partial charge in [-0.05, 0) is 47.2 Å². The number of esters is 1. The zero-order valence-corrected chi connectivity index (χ0v) is 18.1. The molecule has 8 heteroatoms. The van der Waals surface area contributed by atoms with Gasteiger partial charge in [-0.2, -0.15) is 0 Å². The van der Waals surface area contributed by atoms with Crippen LogP contribution >= 0.6 is 11.8 Å². The monoisotopic (exact) mass is 448 g/mol. The standard InChI is InChI=1S/C24H20N2O5S/c1-31-24(30)16-7-10-19(11-8-16)26-22(28)13-20(23(26)29)32-14-21(27)25-18-9-6-15-4-2-3-5-17(15)12-18/h2-12,20H,13-14H2,1H3,(H,25,27)/t20-/m1/s1. The van der Waals surface area contributed by atoms with Crippen LogP contribution in [0.25, 0.3) is 10.8 Å². The van der Waals surface area contributed by atoms with E-state index in [0.717, 1.165) is 27.4 Å². The Labute approximate surface area is 188 Å². The molecule has 4 rings (SSSR count). The molecule has 3 aromatic rings. The molecule has 0 radical (unpaired) electrons. The van der Waals surface area contributed by atoms with Crippen molar-refractivity contribution in [3.63, 3.8) is 0 Å². The molecule has 3 amide bonds. The van der Waals surface area contributed by atoms with Gasteiger partial charge >= 0.3 is 5.97 Å². The summed E-state index contributed by atoms with van der Waals surface area (Å²) in [5, 5.41) is 4.30. The molecule has 1 fully saturated rings. The fraction of sp³-hybridized carbons (Fsp3) is 0.167. The molecule has 162 valence electrons. The molecule has 0 aromatic heterocycles. The largest absolute Gasteiger partial charge is 0.465 e. The highest BCUT2D eigenvalue weighted by Gasteiger charge is 2.40. The number of amides is 3. The second-order valence-corrected chi connectivity index (χ2v) is 8.41. The summed E-state index contributed by atoms with van der Waals surface area (Å²) in [7, 11) is 1.28. The summed E-state index contributed by atoms with van der Waals surface area (Å²) in [6, 6.07) is 19.6. The lowest BCUT2D eigenvalue weighted by atomic mass is 10.1. The molecule has 7 nitrogen and oxygen atoms in total. The van der Waals surface area contributed by atoms with Gasteiger partial charge in [-0.3, -0.25) is 14.4 Å². The van der Waals surface area contributed by atoms with E-state index in [1.54, 1.807) is 0 Å². The Morgan fingerprint density at radius 2 is 1.75 bits per heavy atom. The minimum Gasteiger partial charge on any atom is -0.465 e. The predicted molar refractivity (Wildman–Crippen MR) is 124 cm³/mol. The summed E-state index contributed by atoms with van der Waals surface area (Å²) < 4.78 is 4.65. The van der Waals surface area contributed by atoms with Crippen LogP contribution in [-0.4, -0.2) is 41.8 Å². The van der Waals surface area contributed by atoms with Gasteiger partial charge in [-0.25, -0.2) is 9.69 Å². The van der Waals surface area contributed by atoms with Crippen molar-refractivity contribution < 1.29 is 23.9 Å². The van der Waals surface area contributed by atoms with E-state index < -0.39 is 11.2 Å². The Morgan fingerprint density at radius 1 is 1.03 bits per heavy atom.